The maximum atomic E-state index is 6.11. The molecule has 116 valence electrons. The number of rotatable bonds is 2. The van der Waals surface area contributed by atoms with E-state index in [2.05, 4.69) is 71.9 Å². The van der Waals surface area contributed by atoms with Crippen LogP contribution in [0.5, 0.6) is 5.75 Å². The number of hydrogen-bond acceptors (Lipinski definition) is 1. The van der Waals surface area contributed by atoms with Crippen LogP contribution in [0.25, 0.3) is 0 Å². The lowest BCUT2D eigenvalue weighted by molar-refractivity contribution is 0.206. The smallest absolute Gasteiger partial charge is 0.127 e. The van der Waals surface area contributed by atoms with Gasteiger partial charge in [-0.3, -0.25) is 0 Å². The standard InChI is InChI=1S/C20H30O/c1-19(2,3)15-10-12-17(13-11-15)21-18-9-7-8-16(14-18)20(4,5)6/h7-9,12,14-15H,10-11,13H2,1-6H3. The molecule has 1 unspecified atom stereocenters. The fourth-order valence-corrected chi connectivity index (χ4v) is 2.87. The van der Waals surface area contributed by atoms with Gasteiger partial charge in [-0.15, -0.1) is 0 Å². The zero-order valence-electron chi connectivity index (χ0n) is 14.5. The number of hydrogen-bond donors (Lipinski definition) is 0. The van der Waals surface area contributed by atoms with E-state index in [1.54, 1.807) is 0 Å². The molecule has 21 heavy (non-hydrogen) atoms. The molecule has 1 aromatic rings. The van der Waals surface area contributed by atoms with E-state index in [1.165, 1.54) is 12.0 Å². The molecule has 0 saturated heterocycles. The predicted octanol–water partition coefficient (Wildman–Crippen LogP) is 6.09. The molecule has 0 fully saturated rings. The summed E-state index contributed by atoms with van der Waals surface area (Å²) in [5, 5.41) is 0. The first kappa shape index (κ1) is 16.1. The molecule has 0 aromatic heterocycles. The van der Waals surface area contributed by atoms with Crippen LogP contribution in [0.4, 0.5) is 0 Å². The topological polar surface area (TPSA) is 9.23 Å². The quantitative estimate of drug-likeness (QED) is 0.639. The van der Waals surface area contributed by atoms with Gasteiger partial charge in [0.1, 0.15) is 11.5 Å². The lowest BCUT2D eigenvalue weighted by atomic mass is 9.74. The van der Waals surface area contributed by atoms with Crippen molar-refractivity contribution in [1.82, 2.24) is 0 Å². The highest BCUT2D eigenvalue weighted by Crippen LogP contribution is 2.37. The number of ether oxygens (including phenoxy) is 1. The van der Waals surface area contributed by atoms with Crippen molar-refractivity contribution in [3.8, 4) is 5.75 Å². The van der Waals surface area contributed by atoms with E-state index in [-0.39, 0.29) is 5.41 Å². The van der Waals surface area contributed by atoms with Crippen molar-refractivity contribution < 1.29 is 4.74 Å². The lowest BCUT2D eigenvalue weighted by Gasteiger charge is -2.33. The van der Waals surface area contributed by atoms with Crippen LogP contribution in [0, 0.1) is 11.3 Å². The van der Waals surface area contributed by atoms with Crippen molar-refractivity contribution in [3.63, 3.8) is 0 Å². The second-order valence-electron chi connectivity index (χ2n) is 8.39. The van der Waals surface area contributed by atoms with Crippen LogP contribution in [0.2, 0.25) is 0 Å². The van der Waals surface area contributed by atoms with Crippen LogP contribution >= 0.6 is 0 Å². The molecule has 0 amide bonds. The highest BCUT2D eigenvalue weighted by Gasteiger charge is 2.26. The van der Waals surface area contributed by atoms with Crippen molar-refractivity contribution in [2.45, 2.75) is 66.2 Å². The summed E-state index contributed by atoms with van der Waals surface area (Å²) in [5.74, 6) is 2.88. The first-order chi connectivity index (χ1) is 9.66. The van der Waals surface area contributed by atoms with Gasteiger partial charge < -0.3 is 4.74 Å². The molecule has 1 nitrogen and oxygen atoms in total. The third-order valence-corrected chi connectivity index (χ3v) is 4.54. The fourth-order valence-electron chi connectivity index (χ4n) is 2.87. The molecule has 0 radical (unpaired) electrons. The molecule has 1 atom stereocenters. The molecule has 0 spiro atoms. The average molecular weight is 286 g/mol. The maximum absolute atomic E-state index is 6.11. The minimum atomic E-state index is 0.164. The van der Waals surface area contributed by atoms with Crippen molar-refractivity contribution >= 4 is 0 Å². The Hall–Kier alpha value is -1.24. The molecule has 0 N–H and O–H groups in total. The summed E-state index contributed by atoms with van der Waals surface area (Å²) in [7, 11) is 0. The first-order valence-electron chi connectivity index (χ1n) is 8.14. The van der Waals surface area contributed by atoms with Gasteiger partial charge in [0.15, 0.2) is 0 Å². The highest BCUT2D eigenvalue weighted by molar-refractivity contribution is 5.33. The number of allylic oxidation sites excluding steroid dienone is 2. The Balaban J connectivity index is 2.05. The zero-order chi connectivity index (χ0) is 15.7. The van der Waals surface area contributed by atoms with E-state index < -0.39 is 0 Å². The van der Waals surface area contributed by atoms with Crippen LogP contribution < -0.4 is 4.74 Å². The van der Waals surface area contributed by atoms with Gasteiger partial charge in [0.25, 0.3) is 0 Å². The zero-order valence-corrected chi connectivity index (χ0v) is 14.5. The molecule has 0 bridgehead atoms. The van der Waals surface area contributed by atoms with Gasteiger partial charge >= 0.3 is 0 Å². The average Bonchev–Trinajstić information content (AvgIpc) is 2.37. The first-order valence-corrected chi connectivity index (χ1v) is 8.14. The summed E-state index contributed by atoms with van der Waals surface area (Å²) in [6.07, 6.45) is 5.72. The van der Waals surface area contributed by atoms with Crippen molar-refractivity contribution in [2.24, 2.45) is 11.3 Å². The van der Waals surface area contributed by atoms with Crippen molar-refractivity contribution in [2.75, 3.05) is 0 Å². The highest BCUT2D eigenvalue weighted by atomic mass is 16.5. The third kappa shape index (κ3) is 4.36. The predicted molar refractivity (Wildman–Crippen MR) is 90.6 cm³/mol. The Labute approximate surface area is 130 Å². The van der Waals surface area contributed by atoms with Gasteiger partial charge in [0.05, 0.1) is 0 Å². The largest absolute Gasteiger partial charge is 0.462 e. The summed E-state index contributed by atoms with van der Waals surface area (Å²) in [5.41, 5.74) is 1.88. The van der Waals surface area contributed by atoms with E-state index in [1.807, 2.05) is 0 Å². The van der Waals surface area contributed by atoms with Gasteiger partial charge in [-0.2, -0.15) is 0 Å². The summed E-state index contributed by atoms with van der Waals surface area (Å²) < 4.78 is 6.11. The van der Waals surface area contributed by atoms with Crippen LogP contribution in [0.15, 0.2) is 36.1 Å². The molecule has 1 aliphatic carbocycles. The van der Waals surface area contributed by atoms with E-state index >= 15 is 0 Å². The summed E-state index contributed by atoms with van der Waals surface area (Å²) in [4.78, 5) is 0. The Morgan fingerprint density at radius 1 is 1.05 bits per heavy atom. The van der Waals surface area contributed by atoms with Gasteiger partial charge in [-0.1, -0.05) is 53.7 Å². The molecular weight excluding hydrogens is 256 g/mol. The van der Waals surface area contributed by atoms with Crippen molar-refractivity contribution in [1.29, 1.82) is 0 Å². The Morgan fingerprint density at radius 3 is 2.29 bits per heavy atom. The minimum Gasteiger partial charge on any atom is -0.462 e. The summed E-state index contributed by atoms with van der Waals surface area (Å²) in [6.45, 7) is 13.7. The molecule has 0 aliphatic heterocycles. The summed E-state index contributed by atoms with van der Waals surface area (Å²) in [6, 6.07) is 8.51. The third-order valence-electron chi connectivity index (χ3n) is 4.54. The maximum Gasteiger partial charge on any atom is 0.127 e. The van der Waals surface area contributed by atoms with Crippen LogP contribution in [0.1, 0.15) is 66.4 Å². The second kappa shape index (κ2) is 5.87. The molecule has 1 heteroatoms. The Bertz CT molecular complexity index is 511. The SMILES string of the molecule is CC(C)(C)c1cccc(OC2=CCC(C(C)(C)C)CC2)c1. The van der Waals surface area contributed by atoms with Gasteiger partial charge in [-0.05, 0) is 53.4 Å². The molecule has 0 heterocycles. The minimum absolute atomic E-state index is 0.164. The lowest BCUT2D eigenvalue weighted by Crippen LogP contribution is -2.23. The van der Waals surface area contributed by atoms with E-state index in [4.69, 9.17) is 4.74 Å². The fraction of sp³-hybridized carbons (Fsp3) is 0.600. The van der Waals surface area contributed by atoms with E-state index in [9.17, 15) is 0 Å². The van der Waals surface area contributed by atoms with Gasteiger partial charge in [-0.25, -0.2) is 0 Å². The second-order valence-corrected chi connectivity index (χ2v) is 8.39. The Kier molecular flexibility index (Phi) is 4.51. The van der Waals surface area contributed by atoms with Crippen LogP contribution in [-0.4, -0.2) is 0 Å². The van der Waals surface area contributed by atoms with Gasteiger partial charge in [0, 0.05) is 6.42 Å². The monoisotopic (exact) mass is 286 g/mol. The molecule has 2 rings (SSSR count). The van der Waals surface area contributed by atoms with E-state index in [0.29, 0.717) is 5.41 Å². The molecule has 1 aromatic carbocycles. The van der Waals surface area contributed by atoms with Crippen molar-refractivity contribution in [3.05, 3.63) is 41.7 Å². The molecule has 1 aliphatic rings. The number of benzene rings is 1. The van der Waals surface area contributed by atoms with Crippen LogP contribution in [-0.2, 0) is 5.41 Å². The molecule has 0 saturated carbocycles. The van der Waals surface area contributed by atoms with Crippen LogP contribution in [0.3, 0.4) is 0 Å². The van der Waals surface area contributed by atoms with Gasteiger partial charge in [0.2, 0.25) is 0 Å². The summed E-state index contributed by atoms with van der Waals surface area (Å²) >= 11 is 0. The molecular formula is C20H30O. The normalized spacial score (nSPS) is 20.1. The Morgan fingerprint density at radius 2 is 1.76 bits per heavy atom. The van der Waals surface area contributed by atoms with E-state index in [0.717, 1.165) is 30.3 Å².